The van der Waals surface area contributed by atoms with Crippen molar-refractivity contribution in [1.82, 2.24) is 14.9 Å². The minimum Gasteiger partial charge on any atom is -0.475 e. The van der Waals surface area contributed by atoms with E-state index >= 15 is 0 Å². The van der Waals surface area contributed by atoms with Gasteiger partial charge in [0.15, 0.2) is 0 Å². The number of hydrogen-bond acceptors (Lipinski definition) is 8. The molecule has 2 aliphatic rings. The number of aromatic nitrogens is 2. The third-order valence-electron chi connectivity index (χ3n) is 5.34. The van der Waals surface area contributed by atoms with E-state index in [-0.39, 0.29) is 6.10 Å². The smallest absolute Gasteiger partial charge is 0.475 e. The molecule has 0 aliphatic carbocycles. The van der Waals surface area contributed by atoms with E-state index < -0.39 is 24.3 Å². The molecule has 2 aliphatic heterocycles. The molecule has 16 heteroatoms. The van der Waals surface area contributed by atoms with Gasteiger partial charge in [0.25, 0.3) is 0 Å². The van der Waals surface area contributed by atoms with Crippen molar-refractivity contribution in [3.63, 3.8) is 0 Å². The highest BCUT2D eigenvalue weighted by atomic mass is 19.4. The molecule has 0 radical (unpaired) electrons. The van der Waals surface area contributed by atoms with E-state index in [1.54, 1.807) is 18.7 Å². The van der Waals surface area contributed by atoms with Crippen LogP contribution in [0.4, 0.5) is 32.3 Å². The standard InChI is InChI=1S/C17H22N4O2.2C2HF3O2/c1-20(11-13-5-2-9-22-13)15-12-21(17-18-7-4-8-19-17)14-6-3-10-23-16(14)15;2*3-2(4,5)1(6)7/h2,4-5,7-9,14-16H,3,6,10-12H2,1H3;2*(H,6,7)/t14-,15-,16+;;/m1../s1. The minimum absolute atomic E-state index is 0.201. The predicted octanol–water partition coefficient (Wildman–Crippen LogP) is 3.20. The Hall–Kier alpha value is -3.40. The second-order valence-electron chi connectivity index (χ2n) is 7.91. The number of likely N-dealkylation sites (N-methyl/N-ethyl adjacent to an activating group) is 1. The fourth-order valence-corrected chi connectivity index (χ4v) is 3.75. The van der Waals surface area contributed by atoms with Gasteiger partial charge >= 0.3 is 24.3 Å². The lowest BCUT2D eigenvalue weighted by molar-refractivity contribution is -0.193. The van der Waals surface area contributed by atoms with Crippen molar-refractivity contribution in [1.29, 1.82) is 0 Å². The van der Waals surface area contributed by atoms with Crippen LogP contribution < -0.4 is 4.90 Å². The first kappa shape index (κ1) is 29.8. The van der Waals surface area contributed by atoms with Crippen molar-refractivity contribution in [3.05, 3.63) is 42.6 Å². The number of carboxylic acids is 2. The maximum atomic E-state index is 10.6. The van der Waals surface area contributed by atoms with Crippen LogP contribution in [0.5, 0.6) is 0 Å². The minimum atomic E-state index is -5.08. The van der Waals surface area contributed by atoms with Crippen molar-refractivity contribution < 1.29 is 55.3 Å². The van der Waals surface area contributed by atoms with Crippen molar-refractivity contribution in [2.24, 2.45) is 0 Å². The van der Waals surface area contributed by atoms with Gasteiger partial charge in [0.2, 0.25) is 5.95 Å². The molecule has 0 spiro atoms. The number of furan rings is 1. The van der Waals surface area contributed by atoms with Crippen LogP contribution in [0.15, 0.2) is 41.3 Å². The number of carbonyl (C=O) groups is 2. The Balaban J connectivity index is 0.000000286. The summed E-state index contributed by atoms with van der Waals surface area (Å²) in [6, 6.07) is 6.48. The van der Waals surface area contributed by atoms with E-state index in [0.717, 1.165) is 44.2 Å². The number of rotatable bonds is 4. The number of ether oxygens (including phenoxy) is 1. The average molecular weight is 542 g/mol. The van der Waals surface area contributed by atoms with Gasteiger partial charge in [-0.2, -0.15) is 26.3 Å². The van der Waals surface area contributed by atoms with Crippen LogP contribution >= 0.6 is 0 Å². The lowest BCUT2D eigenvalue weighted by Crippen LogP contribution is -2.46. The molecule has 0 aromatic carbocycles. The molecule has 0 unspecified atom stereocenters. The Labute approximate surface area is 206 Å². The van der Waals surface area contributed by atoms with Gasteiger partial charge in [0.1, 0.15) is 5.76 Å². The van der Waals surface area contributed by atoms with Crippen molar-refractivity contribution in [2.45, 2.75) is 49.9 Å². The molecule has 2 saturated heterocycles. The SMILES string of the molecule is CN(Cc1ccco1)[C@@H]1CN(c2ncccn2)[C@@H]2CCCO[C@H]12.O=C(O)C(F)(F)F.O=C(O)C(F)(F)F. The number of fused-ring (bicyclic) bond motifs is 1. The maximum Gasteiger partial charge on any atom is 0.490 e. The van der Waals surface area contributed by atoms with Crippen LogP contribution in [0.25, 0.3) is 0 Å². The third kappa shape index (κ3) is 8.89. The Morgan fingerprint density at radius 3 is 2.14 bits per heavy atom. The maximum absolute atomic E-state index is 10.6. The zero-order valence-corrected chi connectivity index (χ0v) is 19.3. The highest BCUT2D eigenvalue weighted by Crippen LogP contribution is 2.33. The highest BCUT2D eigenvalue weighted by molar-refractivity contribution is 5.73. The molecule has 2 aromatic heterocycles. The van der Waals surface area contributed by atoms with E-state index in [4.69, 9.17) is 29.0 Å². The average Bonchev–Trinajstić information content (AvgIpc) is 3.47. The highest BCUT2D eigenvalue weighted by Gasteiger charge is 2.46. The summed E-state index contributed by atoms with van der Waals surface area (Å²) in [6.45, 7) is 2.51. The monoisotopic (exact) mass is 542 g/mol. The van der Waals surface area contributed by atoms with Crippen molar-refractivity contribution in [3.8, 4) is 0 Å². The Bertz CT molecular complexity index is 966. The fourth-order valence-electron chi connectivity index (χ4n) is 3.75. The normalized spacial score (nSPS) is 21.3. The summed E-state index contributed by atoms with van der Waals surface area (Å²) in [7, 11) is 2.14. The molecule has 3 atom stereocenters. The number of hydrogen-bond donors (Lipinski definition) is 2. The molecule has 37 heavy (non-hydrogen) atoms. The van der Waals surface area contributed by atoms with Gasteiger partial charge < -0.3 is 24.3 Å². The second-order valence-corrected chi connectivity index (χ2v) is 7.91. The van der Waals surface area contributed by atoms with Gasteiger partial charge in [-0.3, -0.25) is 4.90 Å². The first-order valence-electron chi connectivity index (χ1n) is 10.7. The van der Waals surface area contributed by atoms with Crippen LogP contribution in [0.2, 0.25) is 0 Å². The van der Waals surface area contributed by atoms with Gasteiger partial charge in [-0.15, -0.1) is 0 Å². The fraction of sp³-hybridized carbons (Fsp3) is 0.524. The summed E-state index contributed by atoms with van der Waals surface area (Å²) in [4.78, 5) is 31.3. The van der Waals surface area contributed by atoms with Gasteiger partial charge in [0.05, 0.1) is 31.0 Å². The molecule has 4 heterocycles. The predicted molar refractivity (Wildman–Crippen MR) is 113 cm³/mol. The number of nitrogens with zero attached hydrogens (tertiary/aromatic N) is 4. The molecular weight excluding hydrogens is 518 g/mol. The van der Waals surface area contributed by atoms with Crippen LogP contribution in [-0.2, 0) is 20.9 Å². The summed E-state index contributed by atoms with van der Waals surface area (Å²) in [5.74, 6) is -3.73. The van der Waals surface area contributed by atoms with Gasteiger partial charge in [-0.05, 0) is 38.1 Å². The van der Waals surface area contributed by atoms with Crippen LogP contribution in [0, 0.1) is 0 Å². The Kier molecular flexibility index (Phi) is 10.2. The summed E-state index contributed by atoms with van der Waals surface area (Å²) in [6.07, 6.45) is -2.40. The third-order valence-corrected chi connectivity index (χ3v) is 5.34. The number of halogens is 6. The zero-order valence-electron chi connectivity index (χ0n) is 19.3. The van der Waals surface area contributed by atoms with Crippen molar-refractivity contribution >= 4 is 17.9 Å². The zero-order chi connectivity index (χ0) is 27.8. The molecule has 2 fully saturated rings. The Morgan fingerprint density at radius 2 is 1.65 bits per heavy atom. The number of carboxylic acid groups (broad SMARTS) is 2. The molecule has 2 aromatic rings. The summed E-state index contributed by atoms with van der Waals surface area (Å²) in [5, 5.41) is 14.2. The van der Waals surface area contributed by atoms with E-state index in [2.05, 4.69) is 26.8 Å². The molecule has 206 valence electrons. The van der Waals surface area contributed by atoms with E-state index in [9.17, 15) is 26.3 Å². The molecule has 10 nitrogen and oxygen atoms in total. The summed E-state index contributed by atoms with van der Waals surface area (Å²) >= 11 is 0. The first-order valence-corrected chi connectivity index (χ1v) is 10.7. The first-order chi connectivity index (χ1) is 17.2. The number of alkyl halides is 6. The molecule has 0 saturated carbocycles. The van der Waals surface area contributed by atoms with Crippen molar-refractivity contribution in [2.75, 3.05) is 25.1 Å². The lowest BCUT2D eigenvalue weighted by Gasteiger charge is -2.34. The lowest BCUT2D eigenvalue weighted by atomic mass is 10.0. The van der Waals surface area contributed by atoms with E-state index in [0.29, 0.717) is 12.1 Å². The van der Waals surface area contributed by atoms with E-state index in [1.165, 1.54) is 0 Å². The number of anilines is 1. The van der Waals surface area contributed by atoms with Gasteiger partial charge in [-0.25, -0.2) is 19.6 Å². The van der Waals surface area contributed by atoms with Gasteiger partial charge in [-0.1, -0.05) is 0 Å². The summed E-state index contributed by atoms with van der Waals surface area (Å²) < 4.78 is 75.1. The second kappa shape index (κ2) is 12.7. The molecule has 2 N–H and O–H groups in total. The van der Waals surface area contributed by atoms with Crippen LogP contribution in [0.3, 0.4) is 0 Å². The van der Waals surface area contributed by atoms with Crippen LogP contribution in [0.1, 0.15) is 18.6 Å². The number of aliphatic carboxylic acids is 2. The molecular formula is C21H24F6N4O6. The molecule has 0 bridgehead atoms. The molecule has 4 rings (SSSR count). The largest absolute Gasteiger partial charge is 0.490 e. The van der Waals surface area contributed by atoms with Gasteiger partial charge in [0, 0.05) is 25.5 Å². The quantitative estimate of drug-likeness (QED) is 0.556. The summed E-state index contributed by atoms with van der Waals surface area (Å²) in [5.41, 5.74) is 0. The molecule has 0 amide bonds. The Morgan fingerprint density at radius 1 is 1.08 bits per heavy atom. The van der Waals surface area contributed by atoms with Crippen LogP contribution in [-0.4, -0.2) is 87.8 Å². The van der Waals surface area contributed by atoms with E-state index in [1.807, 2.05) is 18.2 Å². The topological polar surface area (TPSA) is 129 Å².